The maximum absolute atomic E-state index is 12.4. The Morgan fingerprint density at radius 1 is 1.19 bits per heavy atom. The van der Waals surface area contributed by atoms with Crippen LogP contribution in [0.5, 0.6) is 0 Å². The van der Waals surface area contributed by atoms with Crippen molar-refractivity contribution in [3.8, 4) is 0 Å². The number of thioether (sulfide) groups is 1. The lowest BCUT2D eigenvalue weighted by Gasteiger charge is -2.22. The van der Waals surface area contributed by atoms with Crippen molar-refractivity contribution in [1.29, 1.82) is 0 Å². The number of carbonyl (C=O) groups excluding carboxylic acids is 1. The molecule has 5 nitrogen and oxygen atoms in total. The van der Waals surface area contributed by atoms with Crippen molar-refractivity contribution in [3.63, 3.8) is 0 Å². The SMILES string of the molecule is O=C(O)CSc1sc(C(=O)O)c2c1C(=O)C[C@@H](C1CC1)C2. The highest BCUT2D eigenvalue weighted by Crippen LogP contribution is 2.47. The molecule has 0 saturated heterocycles. The Balaban J connectivity index is 1.97. The summed E-state index contributed by atoms with van der Waals surface area (Å²) >= 11 is 2.09. The highest BCUT2D eigenvalue weighted by Gasteiger charge is 2.40. The summed E-state index contributed by atoms with van der Waals surface area (Å²) < 4.78 is 0.545. The summed E-state index contributed by atoms with van der Waals surface area (Å²) in [6, 6.07) is 0. The zero-order chi connectivity index (χ0) is 15.1. The quantitative estimate of drug-likeness (QED) is 0.808. The Kier molecular flexibility index (Phi) is 3.79. The lowest BCUT2D eigenvalue weighted by atomic mass is 9.81. The van der Waals surface area contributed by atoms with E-state index in [-0.39, 0.29) is 22.3 Å². The molecule has 7 heteroatoms. The van der Waals surface area contributed by atoms with Crippen LogP contribution in [0.4, 0.5) is 0 Å². The van der Waals surface area contributed by atoms with Crippen LogP contribution in [-0.2, 0) is 11.2 Å². The minimum Gasteiger partial charge on any atom is -0.481 e. The lowest BCUT2D eigenvalue weighted by Crippen LogP contribution is -2.22. The van der Waals surface area contributed by atoms with E-state index in [0.717, 1.165) is 35.9 Å². The molecule has 0 radical (unpaired) electrons. The molecule has 1 aromatic rings. The molecule has 3 rings (SSSR count). The van der Waals surface area contributed by atoms with E-state index < -0.39 is 11.9 Å². The minimum absolute atomic E-state index is 0.0233. The standard InChI is InChI=1S/C14H14O5S2/c15-9-4-7(6-1-2-6)3-8-11(9)14(20-5-10(16)17)21-12(8)13(18)19/h6-7H,1-5H2,(H,16,17)(H,18,19)/t7-/m0/s1. The molecule has 112 valence electrons. The second kappa shape index (κ2) is 5.46. The number of fused-ring (bicyclic) bond motifs is 1. The normalized spacial score (nSPS) is 21.1. The first kappa shape index (κ1) is 14.6. The predicted octanol–water partition coefficient (Wildman–Crippen LogP) is 2.78. The van der Waals surface area contributed by atoms with E-state index in [1.54, 1.807) is 0 Å². The molecule has 0 spiro atoms. The summed E-state index contributed by atoms with van der Waals surface area (Å²) in [5, 5.41) is 18.1. The molecule has 1 atom stereocenters. The number of aliphatic carboxylic acids is 1. The summed E-state index contributed by atoms with van der Waals surface area (Å²) in [6.07, 6.45) is 3.35. The fourth-order valence-electron chi connectivity index (χ4n) is 2.90. The van der Waals surface area contributed by atoms with Crippen molar-refractivity contribution in [1.82, 2.24) is 0 Å². The Hall–Kier alpha value is -1.34. The largest absolute Gasteiger partial charge is 0.481 e. The average Bonchev–Trinajstić information content (AvgIpc) is 3.18. The van der Waals surface area contributed by atoms with Gasteiger partial charge in [0.25, 0.3) is 0 Å². The molecule has 0 amide bonds. The third kappa shape index (κ3) is 2.85. The van der Waals surface area contributed by atoms with E-state index in [1.807, 2.05) is 0 Å². The number of hydrogen-bond acceptors (Lipinski definition) is 5. The summed E-state index contributed by atoms with van der Waals surface area (Å²) in [6.45, 7) is 0. The van der Waals surface area contributed by atoms with Crippen molar-refractivity contribution in [2.45, 2.75) is 29.9 Å². The first-order valence-electron chi connectivity index (χ1n) is 6.74. The average molecular weight is 326 g/mol. The van der Waals surface area contributed by atoms with Gasteiger partial charge in [-0.15, -0.1) is 23.1 Å². The molecule has 0 unspecified atom stereocenters. The van der Waals surface area contributed by atoms with Gasteiger partial charge >= 0.3 is 11.9 Å². The number of rotatable bonds is 5. The Labute approximate surface area is 129 Å². The molecule has 0 aliphatic heterocycles. The number of carboxylic acid groups (broad SMARTS) is 2. The molecule has 0 bridgehead atoms. The maximum Gasteiger partial charge on any atom is 0.346 e. The summed E-state index contributed by atoms with van der Waals surface area (Å²) in [4.78, 5) is 34.7. The van der Waals surface area contributed by atoms with E-state index in [1.165, 1.54) is 0 Å². The summed E-state index contributed by atoms with van der Waals surface area (Å²) in [5.74, 6) is -1.37. The molecule has 2 N–H and O–H groups in total. The zero-order valence-corrected chi connectivity index (χ0v) is 12.8. The summed E-state index contributed by atoms with van der Waals surface area (Å²) in [5.41, 5.74) is 1.11. The van der Waals surface area contributed by atoms with Gasteiger partial charge in [-0.3, -0.25) is 9.59 Å². The number of hydrogen-bond donors (Lipinski definition) is 2. The Morgan fingerprint density at radius 2 is 1.90 bits per heavy atom. The number of thiophene rings is 1. The molecular weight excluding hydrogens is 312 g/mol. The Morgan fingerprint density at radius 3 is 2.48 bits per heavy atom. The lowest BCUT2D eigenvalue weighted by molar-refractivity contribution is -0.133. The molecular formula is C14H14O5S2. The van der Waals surface area contributed by atoms with Crippen LogP contribution in [0.25, 0.3) is 0 Å². The topological polar surface area (TPSA) is 91.7 Å². The second-order valence-corrected chi connectivity index (χ2v) is 7.75. The van der Waals surface area contributed by atoms with Gasteiger partial charge in [0.15, 0.2) is 5.78 Å². The van der Waals surface area contributed by atoms with Crippen LogP contribution in [0.3, 0.4) is 0 Å². The van der Waals surface area contributed by atoms with Gasteiger partial charge in [0, 0.05) is 12.0 Å². The van der Waals surface area contributed by atoms with Crippen LogP contribution in [0, 0.1) is 11.8 Å². The third-order valence-corrected chi connectivity index (χ3v) is 6.45. The van der Waals surface area contributed by atoms with Gasteiger partial charge < -0.3 is 10.2 Å². The number of carboxylic acids is 2. The second-order valence-electron chi connectivity index (χ2n) is 5.49. The highest BCUT2D eigenvalue weighted by atomic mass is 32.2. The van der Waals surface area contributed by atoms with Gasteiger partial charge in [0.1, 0.15) is 4.88 Å². The van der Waals surface area contributed by atoms with Crippen LogP contribution in [0.15, 0.2) is 4.21 Å². The van der Waals surface area contributed by atoms with Gasteiger partial charge in [0.2, 0.25) is 0 Å². The van der Waals surface area contributed by atoms with Gasteiger partial charge in [-0.1, -0.05) is 0 Å². The van der Waals surface area contributed by atoms with E-state index in [0.29, 0.717) is 34.1 Å². The van der Waals surface area contributed by atoms with E-state index in [9.17, 15) is 19.5 Å². The van der Waals surface area contributed by atoms with Crippen LogP contribution in [0.1, 0.15) is 44.9 Å². The van der Waals surface area contributed by atoms with Crippen LogP contribution in [-0.4, -0.2) is 33.7 Å². The number of carbonyl (C=O) groups is 3. The van der Waals surface area contributed by atoms with Crippen molar-refractivity contribution < 1.29 is 24.6 Å². The van der Waals surface area contributed by atoms with Crippen molar-refractivity contribution in [2.75, 3.05) is 5.75 Å². The molecule has 2 aliphatic carbocycles. The van der Waals surface area contributed by atoms with Gasteiger partial charge in [-0.25, -0.2) is 4.79 Å². The first-order chi connectivity index (χ1) is 9.97. The van der Waals surface area contributed by atoms with Crippen LogP contribution < -0.4 is 0 Å². The molecule has 2 aliphatic rings. The zero-order valence-electron chi connectivity index (χ0n) is 11.1. The van der Waals surface area contributed by atoms with Crippen LogP contribution >= 0.6 is 23.1 Å². The smallest absolute Gasteiger partial charge is 0.346 e. The molecule has 1 aromatic heterocycles. The number of Topliss-reactive ketones (excluding diaryl/α,β-unsaturated/α-hetero) is 1. The molecule has 21 heavy (non-hydrogen) atoms. The molecule has 0 aromatic carbocycles. The van der Waals surface area contributed by atoms with Crippen molar-refractivity contribution >= 4 is 40.8 Å². The van der Waals surface area contributed by atoms with E-state index in [4.69, 9.17) is 5.11 Å². The van der Waals surface area contributed by atoms with Gasteiger partial charge in [-0.2, -0.15) is 0 Å². The van der Waals surface area contributed by atoms with Crippen molar-refractivity contribution in [3.05, 3.63) is 16.0 Å². The molecule has 1 heterocycles. The number of aromatic carboxylic acids is 1. The predicted molar refractivity (Wildman–Crippen MR) is 78.5 cm³/mol. The minimum atomic E-state index is -1.03. The Bertz CT molecular complexity index is 630. The van der Waals surface area contributed by atoms with Crippen molar-refractivity contribution in [2.24, 2.45) is 11.8 Å². The molecule has 1 fully saturated rings. The van der Waals surface area contributed by atoms with E-state index in [2.05, 4.69) is 0 Å². The fraction of sp³-hybridized carbons (Fsp3) is 0.500. The maximum atomic E-state index is 12.4. The molecule has 1 saturated carbocycles. The first-order valence-corrected chi connectivity index (χ1v) is 8.54. The monoisotopic (exact) mass is 326 g/mol. The summed E-state index contributed by atoms with van der Waals surface area (Å²) in [7, 11) is 0. The fourth-order valence-corrected chi connectivity index (χ4v) is 5.11. The number of ketones is 1. The van der Waals surface area contributed by atoms with E-state index >= 15 is 0 Å². The van der Waals surface area contributed by atoms with Gasteiger partial charge in [-0.05, 0) is 36.7 Å². The highest BCUT2D eigenvalue weighted by molar-refractivity contribution is 8.01. The van der Waals surface area contributed by atoms with Gasteiger partial charge in [0.05, 0.1) is 9.96 Å². The van der Waals surface area contributed by atoms with Crippen LogP contribution in [0.2, 0.25) is 0 Å². The third-order valence-electron chi connectivity index (χ3n) is 3.98.